The highest BCUT2D eigenvalue weighted by molar-refractivity contribution is 7.78. The molecule has 0 aliphatic rings. The van der Waals surface area contributed by atoms with Gasteiger partial charge in [-0.15, -0.1) is 0 Å². The zero-order valence-corrected chi connectivity index (χ0v) is 8.65. The lowest BCUT2D eigenvalue weighted by atomic mass is 10.2. The van der Waals surface area contributed by atoms with Gasteiger partial charge in [0.05, 0.1) is 5.69 Å². The van der Waals surface area contributed by atoms with Crippen LogP contribution >= 0.6 is 12.8 Å². The summed E-state index contributed by atoms with van der Waals surface area (Å²) in [5.74, 6) is 0. The molecule has 0 radical (unpaired) electrons. The van der Waals surface area contributed by atoms with E-state index in [-0.39, 0.29) is 0 Å². The lowest BCUT2D eigenvalue weighted by molar-refractivity contribution is 0.633. The summed E-state index contributed by atoms with van der Waals surface area (Å²) in [6.45, 7) is 7.92. The van der Waals surface area contributed by atoms with Gasteiger partial charge in [-0.1, -0.05) is 12.8 Å². The molecule has 0 bridgehead atoms. The monoisotopic (exact) mass is 185 g/mol. The van der Waals surface area contributed by atoms with Crippen LogP contribution in [-0.4, -0.2) is 9.78 Å². The van der Waals surface area contributed by atoms with Crippen molar-refractivity contribution < 1.29 is 0 Å². The van der Waals surface area contributed by atoms with Crippen molar-refractivity contribution in [2.45, 2.75) is 33.9 Å². The Labute approximate surface area is 78.7 Å². The third-order valence-electron chi connectivity index (χ3n) is 2.09. The van der Waals surface area contributed by atoms with E-state index >= 15 is 0 Å². The number of aromatic nitrogens is 2. The molecule has 0 spiro atoms. The number of hydrogen-bond acceptors (Lipinski definition) is 3. The molecular formula is C8H15N3S. The second kappa shape index (κ2) is 3.96. The summed E-state index contributed by atoms with van der Waals surface area (Å²) in [5, 5.41) is 4.39. The van der Waals surface area contributed by atoms with Gasteiger partial charge in [0.2, 0.25) is 0 Å². The van der Waals surface area contributed by atoms with Crippen molar-refractivity contribution in [3.8, 4) is 0 Å². The van der Waals surface area contributed by atoms with Gasteiger partial charge in [-0.2, -0.15) is 5.10 Å². The number of nitrogens with one attached hydrogen (secondary N) is 1. The van der Waals surface area contributed by atoms with Crippen LogP contribution in [0.5, 0.6) is 0 Å². The Morgan fingerprint density at radius 1 is 1.50 bits per heavy atom. The van der Waals surface area contributed by atoms with Crippen LogP contribution in [-0.2, 0) is 13.1 Å². The van der Waals surface area contributed by atoms with Crippen LogP contribution in [0.4, 0.5) is 0 Å². The van der Waals surface area contributed by atoms with Crippen LogP contribution < -0.4 is 4.72 Å². The Balaban J connectivity index is 3.01. The highest BCUT2D eigenvalue weighted by atomic mass is 32.1. The molecule has 12 heavy (non-hydrogen) atoms. The average molecular weight is 185 g/mol. The minimum atomic E-state index is 0.779. The molecule has 0 amide bonds. The molecule has 68 valence electrons. The first-order chi connectivity index (χ1) is 5.70. The van der Waals surface area contributed by atoms with E-state index in [1.54, 1.807) is 0 Å². The second-order valence-corrected chi connectivity index (χ2v) is 3.12. The molecule has 1 rings (SSSR count). The van der Waals surface area contributed by atoms with Crippen molar-refractivity contribution in [2.75, 3.05) is 0 Å². The van der Waals surface area contributed by atoms with Gasteiger partial charge in [-0.3, -0.25) is 9.40 Å². The molecule has 3 nitrogen and oxygen atoms in total. The molecule has 1 aromatic rings. The number of rotatable bonds is 3. The fraction of sp³-hybridized carbons (Fsp3) is 0.625. The first kappa shape index (κ1) is 9.61. The van der Waals surface area contributed by atoms with E-state index in [9.17, 15) is 0 Å². The van der Waals surface area contributed by atoms with Crippen molar-refractivity contribution in [1.82, 2.24) is 14.5 Å². The number of thiol groups is 1. The molecular weight excluding hydrogens is 170 g/mol. The van der Waals surface area contributed by atoms with Gasteiger partial charge < -0.3 is 0 Å². The Morgan fingerprint density at radius 3 is 2.58 bits per heavy atom. The van der Waals surface area contributed by atoms with Crippen molar-refractivity contribution >= 4 is 12.8 Å². The fourth-order valence-electron chi connectivity index (χ4n) is 1.38. The summed E-state index contributed by atoms with van der Waals surface area (Å²) in [5.41, 5.74) is 3.58. The maximum absolute atomic E-state index is 4.39. The minimum Gasteiger partial charge on any atom is -0.270 e. The lowest BCUT2D eigenvalue weighted by Gasteiger charge is -2.00. The summed E-state index contributed by atoms with van der Waals surface area (Å²) in [6.07, 6.45) is 0. The standard InChI is InChI=1S/C8H15N3S/c1-4-11-7(3)8(5-9-12)6(2)10-11/h9,12H,4-5H2,1-3H3. The second-order valence-electron chi connectivity index (χ2n) is 2.80. The van der Waals surface area contributed by atoms with Gasteiger partial charge in [0.1, 0.15) is 0 Å². The van der Waals surface area contributed by atoms with E-state index in [2.05, 4.69) is 36.5 Å². The molecule has 1 N–H and O–H groups in total. The van der Waals surface area contributed by atoms with Crippen molar-refractivity contribution in [3.05, 3.63) is 17.0 Å². The topological polar surface area (TPSA) is 29.9 Å². The molecule has 0 aromatic carbocycles. The van der Waals surface area contributed by atoms with E-state index in [1.165, 1.54) is 11.3 Å². The Hall–Kier alpha value is -0.480. The highest BCUT2D eigenvalue weighted by Crippen LogP contribution is 2.12. The zero-order chi connectivity index (χ0) is 9.14. The summed E-state index contributed by atoms with van der Waals surface area (Å²) in [7, 11) is 0. The lowest BCUT2D eigenvalue weighted by Crippen LogP contribution is -2.03. The quantitative estimate of drug-likeness (QED) is 0.698. The first-order valence-corrected chi connectivity index (χ1v) is 4.55. The van der Waals surface area contributed by atoms with Crippen LogP contribution in [0.25, 0.3) is 0 Å². The summed E-state index contributed by atoms with van der Waals surface area (Å²) < 4.78 is 4.85. The van der Waals surface area contributed by atoms with Crippen LogP contribution in [0.1, 0.15) is 23.9 Å². The Bertz CT molecular complexity index is 268. The van der Waals surface area contributed by atoms with Gasteiger partial charge >= 0.3 is 0 Å². The molecule has 0 aliphatic carbocycles. The predicted octanol–water partition coefficient (Wildman–Crippen LogP) is 1.45. The minimum absolute atomic E-state index is 0.779. The summed E-state index contributed by atoms with van der Waals surface area (Å²) in [4.78, 5) is 0. The van der Waals surface area contributed by atoms with E-state index in [1.807, 2.05) is 11.6 Å². The fourth-order valence-corrected chi connectivity index (χ4v) is 1.53. The smallest absolute Gasteiger partial charge is 0.0641 e. The van der Waals surface area contributed by atoms with Gasteiger partial charge in [0.15, 0.2) is 0 Å². The zero-order valence-electron chi connectivity index (χ0n) is 7.76. The molecule has 0 saturated heterocycles. The van der Waals surface area contributed by atoms with E-state index in [4.69, 9.17) is 0 Å². The Kier molecular flexibility index (Phi) is 3.17. The maximum Gasteiger partial charge on any atom is 0.0641 e. The first-order valence-electron chi connectivity index (χ1n) is 4.10. The molecule has 4 heteroatoms. The molecule has 1 heterocycles. The van der Waals surface area contributed by atoms with Crippen LogP contribution in [0.15, 0.2) is 0 Å². The number of nitrogens with zero attached hydrogens (tertiary/aromatic N) is 2. The van der Waals surface area contributed by atoms with Gasteiger partial charge in [0, 0.05) is 24.3 Å². The third-order valence-corrected chi connectivity index (χ3v) is 2.24. The van der Waals surface area contributed by atoms with Crippen LogP contribution in [0.2, 0.25) is 0 Å². The molecule has 0 unspecified atom stereocenters. The van der Waals surface area contributed by atoms with E-state index < -0.39 is 0 Å². The molecule has 0 saturated carbocycles. The molecule has 1 aromatic heterocycles. The van der Waals surface area contributed by atoms with Crippen molar-refractivity contribution in [3.63, 3.8) is 0 Å². The van der Waals surface area contributed by atoms with Gasteiger partial charge in [0.25, 0.3) is 0 Å². The summed E-state index contributed by atoms with van der Waals surface area (Å²) >= 11 is 3.98. The normalized spacial score (nSPS) is 10.7. The van der Waals surface area contributed by atoms with Crippen molar-refractivity contribution in [2.24, 2.45) is 0 Å². The maximum atomic E-state index is 4.39. The van der Waals surface area contributed by atoms with E-state index in [0.29, 0.717) is 0 Å². The highest BCUT2D eigenvalue weighted by Gasteiger charge is 2.08. The van der Waals surface area contributed by atoms with Gasteiger partial charge in [-0.25, -0.2) is 0 Å². The number of hydrogen-bond donors (Lipinski definition) is 2. The predicted molar refractivity (Wildman–Crippen MR) is 53.2 cm³/mol. The van der Waals surface area contributed by atoms with Crippen molar-refractivity contribution in [1.29, 1.82) is 0 Å². The largest absolute Gasteiger partial charge is 0.270 e. The van der Waals surface area contributed by atoms with Gasteiger partial charge in [-0.05, 0) is 20.8 Å². The average Bonchev–Trinajstić information content (AvgIpc) is 2.32. The molecule has 0 fully saturated rings. The molecule has 0 aliphatic heterocycles. The summed E-state index contributed by atoms with van der Waals surface area (Å²) in [6, 6.07) is 0. The Morgan fingerprint density at radius 2 is 2.17 bits per heavy atom. The molecule has 0 atom stereocenters. The van der Waals surface area contributed by atoms with Crippen LogP contribution in [0, 0.1) is 13.8 Å². The van der Waals surface area contributed by atoms with E-state index in [0.717, 1.165) is 18.8 Å². The third kappa shape index (κ3) is 1.64. The van der Waals surface area contributed by atoms with Crippen LogP contribution in [0.3, 0.4) is 0 Å². The number of aryl methyl sites for hydroxylation is 2. The SMILES string of the molecule is CCn1nc(C)c(CNS)c1C.